The molecule has 1 aromatic carbocycles. The highest BCUT2D eigenvalue weighted by Crippen LogP contribution is 2.13. The lowest BCUT2D eigenvalue weighted by Gasteiger charge is -1.96. The van der Waals surface area contributed by atoms with Gasteiger partial charge in [0.15, 0.2) is 0 Å². The third-order valence-electron chi connectivity index (χ3n) is 1.22. The molecule has 0 nitrogen and oxygen atoms in total. The van der Waals surface area contributed by atoms with Crippen LogP contribution in [0.4, 0.5) is 0 Å². The molecule has 2 heteroatoms. The van der Waals surface area contributed by atoms with E-state index in [2.05, 4.69) is 46.5 Å². The van der Waals surface area contributed by atoms with Gasteiger partial charge in [-0.1, -0.05) is 28.1 Å². The first-order valence-corrected chi connectivity index (χ1v) is 5.25. The molecule has 0 N–H and O–H groups in total. The average molecular weight is 217 g/mol. The maximum Gasteiger partial charge on any atom is 0.0181 e. The summed E-state index contributed by atoms with van der Waals surface area (Å²) in [5.41, 5.74) is 1.38. The van der Waals surface area contributed by atoms with E-state index in [-0.39, 0.29) is 0 Å². The summed E-state index contributed by atoms with van der Waals surface area (Å²) >= 11 is 5.24. The van der Waals surface area contributed by atoms with Crippen LogP contribution in [0, 0.1) is 0 Å². The van der Waals surface area contributed by atoms with E-state index in [1.165, 1.54) is 5.56 Å². The van der Waals surface area contributed by atoms with Crippen molar-refractivity contribution in [3.63, 3.8) is 0 Å². The van der Waals surface area contributed by atoms with E-state index in [0.717, 1.165) is 10.2 Å². The molecule has 1 rings (SSSR count). The summed E-state index contributed by atoms with van der Waals surface area (Å²) in [7, 11) is 0. The monoisotopic (exact) mass is 216 g/mol. The van der Waals surface area contributed by atoms with Gasteiger partial charge in [0.1, 0.15) is 0 Å². The predicted molar refractivity (Wildman–Crippen MR) is 51.4 cm³/mol. The van der Waals surface area contributed by atoms with E-state index in [4.69, 9.17) is 0 Å². The number of benzene rings is 1. The number of rotatable bonds is 2. The fourth-order valence-electron chi connectivity index (χ4n) is 0.747. The third kappa shape index (κ3) is 2.35. The summed E-state index contributed by atoms with van der Waals surface area (Å²) in [5, 5.41) is 0. The van der Waals surface area contributed by atoms with Crippen LogP contribution in [-0.2, 0) is 5.75 Å². The molecule has 0 fully saturated rings. The Hall–Kier alpha value is 0.0500. The average Bonchev–Trinajstić information content (AvgIpc) is 1.95. The maximum absolute atomic E-state index is 3.39. The number of hydrogen-bond acceptors (Lipinski definition) is 1. The van der Waals surface area contributed by atoms with Crippen molar-refractivity contribution in [2.75, 3.05) is 6.26 Å². The molecule has 0 heterocycles. The Morgan fingerprint density at radius 2 is 1.90 bits per heavy atom. The van der Waals surface area contributed by atoms with Crippen molar-refractivity contribution < 1.29 is 0 Å². The van der Waals surface area contributed by atoms with Crippen molar-refractivity contribution in [1.29, 1.82) is 0 Å². The van der Waals surface area contributed by atoms with Crippen LogP contribution in [0.15, 0.2) is 28.7 Å². The van der Waals surface area contributed by atoms with Crippen molar-refractivity contribution in [2.24, 2.45) is 0 Å². The molecule has 0 saturated carbocycles. The van der Waals surface area contributed by atoms with Gasteiger partial charge in [0.25, 0.3) is 0 Å². The van der Waals surface area contributed by atoms with Gasteiger partial charge in [-0.15, -0.1) is 0 Å². The second-order valence-corrected chi connectivity index (χ2v) is 3.84. The molecule has 0 saturated heterocycles. The highest BCUT2D eigenvalue weighted by Gasteiger charge is 1.89. The summed E-state index contributed by atoms with van der Waals surface area (Å²) in [6, 6.07) is 8.43. The largest absolute Gasteiger partial charge is 0.161 e. The fourth-order valence-corrected chi connectivity index (χ4v) is 1.54. The van der Waals surface area contributed by atoms with Gasteiger partial charge >= 0.3 is 0 Å². The van der Waals surface area contributed by atoms with Crippen molar-refractivity contribution >= 4 is 27.7 Å². The Balaban J connectivity index is 2.69. The molecule has 0 radical (unpaired) electrons. The summed E-state index contributed by atoms with van der Waals surface area (Å²) < 4.78 is 1.15. The Kier molecular flexibility index (Phi) is 3.29. The van der Waals surface area contributed by atoms with Gasteiger partial charge in [-0.2, -0.15) is 11.8 Å². The molecular formula is C8H9BrS. The van der Waals surface area contributed by atoms with Crippen molar-refractivity contribution in [1.82, 2.24) is 0 Å². The first-order chi connectivity index (χ1) is 4.83. The third-order valence-corrected chi connectivity index (χ3v) is 2.37. The molecule has 0 unspecified atom stereocenters. The van der Waals surface area contributed by atoms with Gasteiger partial charge < -0.3 is 0 Å². The lowest BCUT2D eigenvalue weighted by molar-refractivity contribution is 1.41. The van der Waals surface area contributed by atoms with Gasteiger partial charge in [0, 0.05) is 10.2 Å². The molecule has 1 aromatic rings. The smallest absolute Gasteiger partial charge is 0.0181 e. The van der Waals surface area contributed by atoms with E-state index in [9.17, 15) is 0 Å². The molecule has 0 aliphatic heterocycles. The molecule has 0 amide bonds. The van der Waals surface area contributed by atoms with Gasteiger partial charge in [0.05, 0.1) is 0 Å². The molecule has 54 valence electrons. The second-order valence-electron chi connectivity index (χ2n) is 2.06. The van der Waals surface area contributed by atoms with Gasteiger partial charge in [0.2, 0.25) is 0 Å². The molecule has 0 spiro atoms. The minimum atomic E-state index is 1.10. The molecule has 0 atom stereocenters. The maximum atomic E-state index is 3.39. The van der Waals surface area contributed by atoms with Gasteiger partial charge in [-0.05, 0) is 24.0 Å². The number of hydrogen-bond donors (Lipinski definition) is 0. The van der Waals surface area contributed by atoms with E-state index in [0.29, 0.717) is 0 Å². The van der Waals surface area contributed by atoms with E-state index < -0.39 is 0 Å². The molecule has 0 aliphatic carbocycles. The second kappa shape index (κ2) is 4.04. The number of halogens is 1. The van der Waals surface area contributed by atoms with E-state index in [1.807, 2.05) is 11.8 Å². The fraction of sp³-hybridized carbons (Fsp3) is 0.250. The quantitative estimate of drug-likeness (QED) is 0.732. The molecule has 0 bridgehead atoms. The molecular weight excluding hydrogens is 208 g/mol. The highest BCUT2D eigenvalue weighted by molar-refractivity contribution is 9.10. The van der Waals surface area contributed by atoms with Crippen LogP contribution in [0.3, 0.4) is 0 Å². The summed E-state index contributed by atoms with van der Waals surface area (Å²) in [6.07, 6.45) is 2.11. The topological polar surface area (TPSA) is 0 Å². The van der Waals surface area contributed by atoms with Crippen LogP contribution in [-0.4, -0.2) is 6.26 Å². The van der Waals surface area contributed by atoms with Crippen LogP contribution in [0.5, 0.6) is 0 Å². The SMILES string of the molecule is CSCc1ccc(Br)cc1. The minimum absolute atomic E-state index is 1.10. The highest BCUT2D eigenvalue weighted by atomic mass is 79.9. The standard InChI is InChI=1S/C8H9BrS/c1-10-6-7-2-4-8(9)5-3-7/h2-5H,6H2,1H3. The first kappa shape index (κ1) is 8.15. The zero-order valence-corrected chi connectivity index (χ0v) is 8.21. The van der Waals surface area contributed by atoms with Crippen molar-refractivity contribution in [3.05, 3.63) is 34.3 Å². The summed E-state index contributed by atoms with van der Waals surface area (Å²) in [6.45, 7) is 0. The minimum Gasteiger partial charge on any atom is -0.161 e. The first-order valence-electron chi connectivity index (χ1n) is 3.06. The Bertz CT molecular complexity index is 193. The summed E-state index contributed by atoms with van der Waals surface area (Å²) in [5.74, 6) is 1.10. The lowest BCUT2D eigenvalue weighted by atomic mass is 10.2. The van der Waals surface area contributed by atoms with E-state index in [1.54, 1.807) is 0 Å². The Morgan fingerprint density at radius 3 is 2.40 bits per heavy atom. The van der Waals surface area contributed by atoms with Crippen LogP contribution >= 0.6 is 27.7 Å². The number of thioether (sulfide) groups is 1. The molecule has 0 aromatic heterocycles. The van der Waals surface area contributed by atoms with Crippen LogP contribution in [0.1, 0.15) is 5.56 Å². The van der Waals surface area contributed by atoms with E-state index >= 15 is 0 Å². The van der Waals surface area contributed by atoms with Crippen molar-refractivity contribution in [2.45, 2.75) is 5.75 Å². The van der Waals surface area contributed by atoms with Crippen LogP contribution < -0.4 is 0 Å². The predicted octanol–water partition coefficient (Wildman–Crippen LogP) is 3.31. The normalized spacial score (nSPS) is 9.80. The lowest BCUT2D eigenvalue weighted by Crippen LogP contribution is -1.76. The Labute approximate surface area is 74.2 Å². The van der Waals surface area contributed by atoms with Gasteiger partial charge in [-0.3, -0.25) is 0 Å². The van der Waals surface area contributed by atoms with Crippen LogP contribution in [0.25, 0.3) is 0 Å². The zero-order valence-electron chi connectivity index (χ0n) is 5.80. The molecule has 10 heavy (non-hydrogen) atoms. The van der Waals surface area contributed by atoms with Crippen molar-refractivity contribution in [3.8, 4) is 0 Å². The zero-order chi connectivity index (χ0) is 7.40. The summed E-state index contributed by atoms with van der Waals surface area (Å²) in [4.78, 5) is 0. The molecule has 0 aliphatic rings. The van der Waals surface area contributed by atoms with Crippen LogP contribution in [0.2, 0.25) is 0 Å². The van der Waals surface area contributed by atoms with Gasteiger partial charge in [-0.25, -0.2) is 0 Å². The Morgan fingerprint density at radius 1 is 1.30 bits per heavy atom.